The summed E-state index contributed by atoms with van der Waals surface area (Å²) in [6.45, 7) is 7.18. The molecule has 0 amide bonds. The average molecular weight is 276 g/mol. The van der Waals surface area contributed by atoms with Crippen molar-refractivity contribution in [1.29, 1.82) is 0 Å². The maximum atomic E-state index is 5.72. The third kappa shape index (κ3) is 3.96. The highest BCUT2D eigenvalue weighted by Crippen LogP contribution is 2.31. The van der Waals surface area contributed by atoms with Gasteiger partial charge >= 0.3 is 0 Å². The van der Waals surface area contributed by atoms with Gasteiger partial charge in [-0.1, -0.05) is 30.4 Å². The summed E-state index contributed by atoms with van der Waals surface area (Å²) in [6, 6.07) is 8.16. The molecule has 1 N–H and O–H groups in total. The predicted octanol–water partition coefficient (Wildman–Crippen LogP) is 4.42. The van der Waals surface area contributed by atoms with Crippen LogP contribution >= 0.6 is 11.3 Å². The summed E-state index contributed by atoms with van der Waals surface area (Å²) in [6.07, 6.45) is 3.21. The molecule has 0 aliphatic carbocycles. The Morgan fingerprint density at radius 3 is 2.95 bits per heavy atom. The molecule has 0 fully saturated rings. The van der Waals surface area contributed by atoms with E-state index in [0.29, 0.717) is 0 Å². The molecule has 0 aliphatic heterocycles. The van der Waals surface area contributed by atoms with Crippen molar-refractivity contribution in [2.24, 2.45) is 0 Å². The van der Waals surface area contributed by atoms with Gasteiger partial charge in [-0.2, -0.15) is 0 Å². The van der Waals surface area contributed by atoms with Crippen LogP contribution in [0.4, 0.5) is 5.13 Å². The van der Waals surface area contributed by atoms with Crippen LogP contribution in [-0.2, 0) is 0 Å². The monoisotopic (exact) mass is 276 g/mol. The smallest absolute Gasteiger partial charge is 0.183 e. The summed E-state index contributed by atoms with van der Waals surface area (Å²) in [5.74, 6) is 0.906. The van der Waals surface area contributed by atoms with Crippen LogP contribution in [0.3, 0.4) is 0 Å². The number of rotatable bonds is 6. The molecule has 1 heterocycles. The van der Waals surface area contributed by atoms with E-state index in [4.69, 9.17) is 4.74 Å². The molecular formula is C15H20N2OS. The van der Waals surface area contributed by atoms with E-state index in [-0.39, 0.29) is 6.10 Å². The molecule has 0 radical (unpaired) electrons. The maximum Gasteiger partial charge on any atom is 0.183 e. The van der Waals surface area contributed by atoms with Gasteiger partial charge in [-0.3, -0.25) is 0 Å². The molecule has 4 heteroatoms. The summed E-state index contributed by atoms with van der Waals surface area (Å²) in [5.41, 5.74) is 1.15. The third-order valence-electron chi connectivity index (χ3n) is 2.52. The molecule has 0 bridgehead atoms. The Morgan fingerprint density at radius 1 is 1.37 bits per heavy atom. The second-order valence-electron chi connectivity index (χ2n) is 4.65. The average Bonchev–Trinajstić information content (AvgIpc) is 2.84. The Bertz CT molecular complexity index is 522. The molecule has 0 spiro atoms. The first-order valence-corrected chi connectivity index (χ1v) is 7.47. The Kier molecular flexibility index (Phi) is 4.80. The molecule has 19 heavy (non-hydrogen) atoms. The lowest BCUT2D eigenvalue weighted by Gasteiger charge is -2.10. The van der Waals surface area contributed by atoms with Crippen LogP contribution in [0.1, 0.15) is 27.2 Å². The van der Waals surface area contributed by atoms with Crippen LogP contribution in [0.5, 0.6) is 5.75 Å². The summed E-state index contributed by atoms with van der Waals surface area (Å²) < 4.78 is 5.72. The first kappa shape index (κ1) is 13.9. The fourth-order valence-electron chi connectivity index (χ4n) is 1.72. The zero-order valence-electron chi connectivity index (χ0n) is 11.6. The van der Waals surface area contributed by atoms with Crippen molar-refractivity contribution in [1.82, 2.24) is 4.98 Å². The van der Waals surface area contributed by atoms with E-state index in [0.717, 1.165) is 34.3 Å². The van der Waals surface area contributed by atoms with Gasteiger partial charge in [-0.25, -0.2) is 4.98 Å². The number of thiazole rings is 1. The zero-order chi connectivity index (χ0) is 13.7. The van der Waals surface area contributed by atoms with Gasteiger partial charge in [0.25, 0.3) is 0 Å². The topological polar surface area (TPSA) is 34.2 Å². The number of nitrogens with zero attached hydrogens (tertiary/aromatic N) is 1. The van der Waals surface area contributed by atoms with E-state index < -0.39 is 0 Å². The molecule has 0 atom stereocenters. The number of nitrogens with one attached hydrogen (secondary N) is 1. The Morgan fingerprint density at radius 2 is 2.21 bits per heavy atom. The largest absolute Gasteiger partial charge is 0.491 e. The van der Waals surface area contributed by atoms with Crippen LogP contribution in [0.15, 0.2) is 30.5 Å². The van der Waals surface area contributed by atoms with Crippen LogP contribution in [0, 0.1) is 0 Å². The van der Waals surface area contributed by atoms with Crippen molar-refractivity contribution in [2.45, 2.75) is 33.3 Å². The summed E-state index contributed by atoms with van der Waals surface area (Å²) >= 11 is 1.68. The minimum atomic E-state index is 0.193. The number of aromatic nitrogens is 1. The van der Waals surface area contributed by atoms with Crippen molar-refractivity contribution in [2.75, 3.05) is 11.9 Å². The second kappa shape index (κ2) is 6.57. The molecule has 1 aromatic carbocycles. The van der Waals surface area contributed by atoms with E-state index in [2.05, 4.69) is 29.4 Å². The Balaban J connectivity index is 2.14. The van der Waals surface area contributed by atoms with Gasteiger partial charge in [0.2, 0.25) is 0 Å². The fraction of sp³-hybridized carbons (Fsp3) is 0.400. The summed E-state index contributed by atoms with van der Waals surface area (Å²) in [5, 5.41) is 4.29. The van der Waals surface area contributed by atoms with Crippen molar-refractivity contribution in [3.63, 3.8) is 0 Å². The Hall–Kier alpha value is -1.55. The highest BCUT2D eigenvalue weighted by atomic mass is 32.1. The molecule has 2 rings (SSSR count). The number of hydrogen-bond donors (Lipinski definition) is 1. The van der Waals surface area contributed by atoms with Crippen LogP contribution in [-0.4, -0.2) is 17.6 Å². The molecule has 102 valence electrons. The standard InChI is InChI=1S/C15H20N2OS/c1-4-8-16-15-17-10-14(19-15)12-6-5-7-13(9-12)18-11(2)3/h5-7,9-11H,4,8H2,1-3H3,(H,16,17). The van der Waals surface area contributed by atoms with E-state index in [1.807, 2.05) is 32.2 Å². The van der Waals surface area contributed by atoms with Gasteiger partial charge in [0.1, 0.15) is 5.75 Å². The summed E-state index contributed by atoms with van der Waals surface area (Å²) in [4.78, 5) is 5.55. The normalized spacial score (nSPS) is 10.7. The molecule has 0 aliphatic rings. The minimum absolute atomic E-state index is 0.193. The van der Waals surface area contributed by atoms with Crippen LogP contribution in [0.25, 0.3) is 10.4 Å². The molecule has 0 unspecified atom stereocenters. The zero-order valence-corrected chi connectivity index (χ0v) is 12.5. The first-order chi connectivity index (χ1) is 9.19. The van der Waals surface area contributed by atoms with E-state index in [1.54, 1.807) is 11.3 Å². The Labute approximate surface area is 118 Å². The van der Waals surface area contributed by atoms with Gasteiger partial charge < -0.3 is 10.1 Å². The number of hydrogen-bond acceptors (Lipinski definition) is 4. The van der Waals surface area contributed by atoms with Crippen molar-refractivity contribution in [3.8, 4) is 16.2 Å². The third-order valence-corrected chi connectivity index (χ3v) is 3.53. The van der Waals surface area contributed by atoms with E-state index in [1.165, 1.54) is 0 Å². The van der Waals surface area contributed by atoms with Crippen molar-refractivity contribution >= 4 is 16.5 Å². The van der Waals surface area contributed by atoms with Gasteiger partial charge in [-0.15, -0.1) is 0 Å². The summed E-state index contributed by atoms with van der Waals surface area (Å²) in [7, 11) is 0. The molecular weight excluding hydrogens is 256 g/mol. The number of ether oxygens (including phenoxy) is 1. The van der Waals surface area contributed by atoms with Gasteiger partial charge in [0, 0.05) is 12.7 Å². The van der Waals surface area contributed by atoms with Crippen molar-refractivity contribution in [3.05, 3.63) is 30.5 Å². The van der Waals surface area contributed by atoms with Crippen LogP contribution < -0.4 is 10.1 Å². The molecule has 1 aromatic heterocycles. The number of benzene rings is 1. The van der Waals surface area contributed by atoms with E-state index >= 15 is 0 Å². The first-order valence-electron chi connectivity index (χ1n) is 6.66. The highest BCUT2D eigenvalue weighted by Gasteiger charge is 2.06. The quantitative estimate of drug-likeness (QED) is 0.848. The van der Waals surface area contributed by atoms with Crippen LogP contribution in [0.2, 0.25) is 0 Å². The van der Waals surface area contributed by atoms with Gasteiger partial charge in [-0.05, 0) is 38.0 Å². The molecule has 2 aromatic rings. The lowest BCUT2D eigenvalue weighted by Crippen LogP contribution is -2.05. The van der Waals surface area contributed by atoms with Crippen molar-refractivity contribution < 1.29 is 4.74 Å². The molecule has 0 saturated carbocycles. The predicted molar refractivity (Wildman–Crippen MR) is 82.1 cm³/mol. The van der Waals surface area contributed by atoms with Gasteiger partial charge in [0.05, 0.1) is 11.0 Å². The lowest BCUT2D eigenvalue weighted by molar-refractivity contribution is 0.242. The second-order valence-corrected chi connectivity index (χ2v) is 5.68. The molecule has 3 nitrogen and oxygen atoms in total. The lowest BCUT2D eigenvalue weighted by atomic mass is 10.2. The van der Waals surface area contributed by atoms with E-state index in [9.17, 15) is 0 Å². The maximum absolute atomic E-state index is 5.72. The SMILES string of the molecule is CCCNc1ncc(-c2cccc(OC(C)C)c2)s1. The fourth-order valence-corrected chi connectivity index (χ4v) is 2.55. The van der Waals surface area contributed by atoms with Gasteiger partial charge in [0.15, 0.2) is 5.13 Å². The molecule has 0 saturated heterocycles. The minimum Gasteiger partial charge on any atom is -0.491 e. The highest BCUT2D eigenvalue weighted by molar-refractivity contribution is 7.18. The number of anilines is 1.